The molecule has 0 saturated carbocycles. The molecular weight excluding hydrogens is 290 g/mol. The molecule has 1 atom stereocenters. The number of piperidine rings is 3. The van der Waals surface area contributed by atoms with E-state index in [9.17, 15) is 9.59 Å². The number of methoxy groups -OCH3 is 1. The van der Waals surface area contributed by atoms with Crippen molar-refractivity contribution in [2.45, 2.75) is 18.4 Å². The summed E-state index contributed by atoms with van der Waals surface area (Å²) in [7, 11) is 1.58. The van der Waals surface area contributed by atoms with Crippen LogP contribution < -0.4 is 0 Å². The molecule has 3 saturated heterocycles. The number of rotatable bonds is 5. The predicted molar refractivity (Wildman–Crippen MR) is 78.5 cm³/mol. The van der Waals surface area contributed by atoms with Gasteiger partial charge >= 0.3 is 5.97 Å². The van der Waals surface area contributed by atoms with Crippen LogP contribution in [0.4, 0.5) is 0 Å². The van der Waals surface area contributed by atoms with Crippen molar-refractivity contribution in [2.75, 3.05) is 33.4 Å². The molecule has 0 aliphatic carbocycles. The molecule has 1 unspecified atom stereocenters. The summed E-state index contributed by atoms with van der Waals surface area (Å²) in [5, 5.41) is 1.83. The van der Waals surface area contributed by atoms with E-state index in [0.717, 1.165) is 25.9 Å². The highest BCUT2D eigenvalue weighted by Crippen LogP contribution is 2.37. The number of carbonyl (C=O) groups is 2. The minimum absolute atomic E-state index is 0.0763. The van der Waals surface area contributed by atoms with E-state index in [0.29, 0.717) is 4.88 Å². The van der Waals surface area contributed by atoms with Crippen LogP contribution in [0.1, 0.15) is 22.5 Å². The zero-order valence-corrected chi connectivity index (χ0v) is 12.9. The fourth-order valence-corrected chi connectivity index (χ4v) is 3.98. The zero-order chi connectivity index (χ0) is 14.9. The SMILES string of the molecule is COCC1(COC(=O)c2cccs2)C(=O)C2CCN1CC2. The van der Waals surface area contributed by atoms with Crippen molar-refractivity contribution in [2.24, 2.45) is 5.92 Å². The Morgan fingerprint density at radius 1 is 1.43 bits per heavy atom. The highest BCUT2D eigenvalue weighted by molar-refractivity contribution is 7.11. The van der Waals surface area contributed by atoms with Gasteiger partial charge in [-0.2, -0.15) is 0 Å². The highest BCUT2D eigenvalue weighted by atomic mass is 32.1. The Balaban J connectivity index is 1.75. The largest absolute Gasteiger partial charge is 0.459 e. The van der Waals surface area contributed by atoms with Crippen LogP contribution >= 0.6 is 11.3 Å². The Bertz CT molecular complexity index is 522. The van der Waals surface area contributed by atoms with Crippen LogP contribution in [0.3, 0.4) is 0 Å². The molecule has 6 heteroatoms. The molecule has 3 aliphatic rings. The third kappa shape index (κ3) is 2.52. The Kier molecular flexibility index (Phi) is 4.10. The van der Waals surface area contributed by atoms with Gasteiger partial charge in [0, 0.05) is 26.1 Å². The molecule has 2 bridgehead atoms. The molecule has 4 rings (SSSR count). The summed E-state index contributed by atoms with van der Waals surface area (Å²) in [6.45, 7) is 2.10. The van der Waals surface area contributed by atoms with Crippen LogP contribution in [0.15, 0.2) is 17.5 Å². The highest BCUT2D eigenvalue weighted by Gasteiger charge is 2.54. The average molecular weight is 309 g/mol. The zero-order valence-electron chi connectivity index (χ0n) is 12.0. The number of Topliss-reactive ketones (excluding diaryl/α,β-unsaturated/α-hetero) is 1. The Labute approximate surface area is 127 Å². The third-order valence-corrected chi connectivity index (χ3v) is 5.33. The molecule has 3 fully saturated rings. The summed E-state index contributed by atoms with van der Waals surface area (Å²) in [6, 6.07) is 3.54. The number of fused-ring (bicyclic) bond motifs is 3. The maximum absolute atomic E-state index is 12.7. The van der Waals surface area contributed by atoms with E-state index in [1.54, 1.807) is 13.2 Å². The summed E-state index contributed by atoms with van der Waals surface area (Å²) in [5.74, 6) is -0.109. The first kappa shape index (κ1) is 14.7. The number of hydrogen-bond donors (Lipinski definition) is 0. The molecule has 3 aliphatic heterocycles. The lowest BCUT2D eigenvalue weighted by atomic mass is 9.74. The molecule has 21 heavy (non-hydrogen) atoms. The molecule has 0 aromatic carbocycles. The Hall–Kier alpha value is -1.24. The molecule has 114 valence electrons. The van der Waals surface area contributed by atoms with Gasteiger partial charge in [0.25, 0.3) is 0 Å². The number of ether oxygens (including phenoxy) is 2. The van der Waals surface area contributed by atoms with Crippen molar-refractivity contribution in [1.82, 2.24) is 4.90 Å². The van der Waals surface area contributed by atoms with Gasteiger partial charge < -0.3 is 9.47 Å². The predicted octanol–water partition coefficient (Wildman–Crippen LogP) is 1.58. The number of hydrogen-bond acceptors (Lipinski definition) is 6. The molecule has 0 radical (unpaired) electrons. The van der Waals surface area contributed by atoms with E-state index < -0.39 is 5.54 Å². The van der Waals surface area contributed by atoms with Crippen LogP contribution in [-0.4, -0.2) is 55.6 Å². The maximum atomic E-state index is 12.7. The minimum Gasteiger partial charge on any atom is -0.459 e. The van der Waals surface area contributed by atoms with E-state index in [2.05, 4.69) is 4.90 Å². The normalized spacial score (nSPS) is 31.4. The van der Waals surface area contributed by atoms with Crippen molar-refractivity contribution in [1.29, 1.82) is 0 Å². The summed E-state index contributed by atoms with van der Waals surface area (Å²) < 4.78 is 10.7. The van der Waals surface area contributed by atoms with Crippen LogP contribution in [-0.2, 0) is 14.3 Å². The molecule has 5 nitrogen and oxygen atoms in total. The third-order valence-electron chi connectivity index (χ3n) is 4.48. The van der Waals surface area contributed by atoms with Gasteiger partial charge in [-0.15, -0.1) is 11.3 Å². The molecule has 1 aromatic rings. The summed E-state index contributed by atoms with van der Waals surface area (Å²) >= 11 is 1.34. The molecule has 0 spiro atoms. The van der Waals surface area contributed by atoms with Crippen LogP contribution in [0.25, 0.3) is 0 Å². The molecule has 0 N–H and O–H groups in total. The summed E-state index contributed by atoms with van der Waals surface area (Å²) in [4.78, 5) is 27.4. The Morgan fingerprint density at radius 3 is 2.76 bits per heavy atom. The van der Waals surface area contributed by atoms with Crippen LogP contribution in [0.5, 0.6) is 0 Å². The molecule has 1 aromatic heterocycles. The standard InChI is InChI=1S/C15H19NO4S/c1-19-9-15(10-20-14(18)12-3-2-8-21-12)13(17)11-4-6-16(15)7-5-11/h2-3,8,11H,4-7,9-10H2,1H3. The van der Waals surface area contributed by atoms with Crippen molar-refractivity contribution < 1.29 is 19.1 Å². The topological polar surface area (TPSA) is 55.8 Å². The number of thiophene rings is 1. The minimum atomic E-state index is -0.789. The second-order valence-corrected chi connectivity index (χ2v) is 6.59. The quantitative estimate of drug-likeness (QED) is 0.773. The number of nitrogens with zero attached hydrogens (tertiary/aromatic N) is 1. The summed E-state index contributed by atoms with van der Waals surface area (Å²) in [6.07, 6.45) is 1.81. The molecular formula is C15H19NO4S. The second-order valence-electron chi connectivity index (χ2n) is 5.64. The first-order chi connectivity index (χ1) is 10.2. The fraction of sp³-hybridized carbons (Fsp3) is 0.600. The number of carbonyl (C=O) groups excluding carboxylic acids is 2. The smallest absolute Gasteiger partial charge is 0.348 e. The van der Waals surface area contributed by atoms with Gasteiger partial charge in [0.05, 0.1) is 6.61 Å². The van der Waals surface area contributed by atoms with Crippen LogP contribution in [0.2, 0.25) is 0 Å². The second kappa shape index (κ2) is 5.87. The van der Waals surface area contributed by atoms with Crippen molar-refractivity contribution >= 4 is 23.1 Å². The van der Waals surface area contributed by atoms with Gasteiger partial charge in [-0.3, -0.25) is 9.69 Å². The lowest BCUT2D eigenvalue weighted by molar-refractivity contribution is -0.158. The van der Waals surface area contributed by atoms with E-state index in [4.69, 9.17) is 9.47 Å². The molecule has 0 amide bonds. The van der Waals surface area contributed by atoms with E-state index in [1.807, 2.05) is 11.4 Å². The first-order valence-corrected chi connectivity index (χ1v) is 8.04. The maximum Gasteiger partial charge on any atom is 0.348 e. The average Bonchev–Trinajstić information content (AvgIpc) is 3.04. The fourth-order valence-electron chi connectivity index (χ4n) is 3.36. The van der Waals surface area contributed by atoms with Gasteiger partial charge in [-0.1, -0.05) is 6.07 Å². The Morgan fingerprint density at radius 2 is 2.19 bits per heavy atom. The van der Waals surface area contributed by atoms with Gasteiger partial charge in [-0.05, 0) is 24.3 Å². The van der Waals surface area contributed by atoms with E-state index in [-0.39, 0.29) is 30.9 Å². The van der Waals surface area contributed by atoms with Crippen molar-refractivity contribution in [3.63, 3.8) is 0 Å². The molecule has 4 heterocycles. The van der Waals surface area contributed by atoms with Gasteiger partial charge in [0.2, 0.25) is 0 Å². The van der Waals surface area contributed by atoms with E-state index >= 15 is 0 Å². The number of ketones is 1. The monoisotopic (exact) mass is 309 g/mol. The lowest BCUT2D eigenvalue weighted by Gasteiger charge is -2.51. The van der Waals surface area contributed by atoms with Gasteiger partial charge in [0.1, 0.15) is 17.0 Å². The van der Waals surface area contributed by atoms with Crippen molar-refractivity contribution in [3.05, 3.63) is 22.4 Å². The summed E-state index contributed by atoms with van der Waals surface area (Å²) in [5.41, 5.74) is -0.789. The lowest BCUT2D eigenvalue weighted by Crippen LogP contribution is -2.69. The van der Waals surface area contributed by atoms with Gasteiger partial charge in [-0.25, -0.2) is 4.79 Å². The first-order valence-electron chi connectivity index (χ1n) is 7.16. The van der Waals surface area contributed by atoms with Gasteiger partial charge in [0.15, 0.2) is 5.78 Å². The van der Waals surface area contributed by atoms with Crippen molar-refractivity contribution in [3.8, 4) is 0 Å². The number of esters is 1. The van der Waals surface area contributed by atoms with E-state index in [1.165, 1.54) is 11.3 Å². The van der Waals surface area contributed by atoms with Crippen LogP contribution in [0, 0.1) is 5.92 Å².